The minimum atomic E-state index is -0.740. The standard InChI is InChI=1S/C7H11N3O2S/c11-6(12)3-1-2-4-8-7-9-5-10-13-7/h5H,1-4H2,(H,11,12)(H,8,9,10). The normalized spacial score (nSPS) is 9.85. The zero-order valence-corrected chi connectivity index (χ0v) is 7.88. The van der Waals surface area contributed by atoms with Gasteiger partial charge < -0.3 is 10.4 Å². The predicted molar refractivity (Wildman–Crippen MR) is 49.9 cm³/mol. The van der Waals surface area contributed by atoms with E-state index in [1.54, 1.807) is 0 Å². The molecule has 0 fully saturated rings. The van der Waals surface area contributed by atoms with Crippen LogP contribution in [0.4, 0.5) is 5.13 Å². The van der Waals surface area contributed by atoms with Crippen LogP contribution in [0.1, 0.15) is 19.3 Å². The maximum atomic E-state index is 10.2. The number of anilines is 1. The summed E-state index contributed by atoms with van der Waals surface area (Å²) in [6.45, 7) is 0.752. The molecule has 0 bridgehead atoms. The molecule has 1 aromatic heterocycles. The number of carbonyl (C=O) groups is 1. The van der Waals surface area contributed by atoms with Crippen LogP contribution < -0.4 is 5.32 Å². The second-order valence-electron chi connectivity index (χ2n) is 2.52. The van der Waals surface area contributed by atoms with E-state index in [0.717, 1.165) is 18.1 Å². The molecule has 2 N–H and O–H groups in total. The first-order valence-electron chi connectivity index (χ1n) is 4.01. The molecule has 0 spiro atoms. The third-order valence-electron chi connectivity index (χ3n) is 1.45. The van der Waals surface area contributed by atoms with E-state index in [0.29, 0.717) is 6.42 Å². The van der Waals surface area contributed by atoms with Crippen molar-refractivity contribution in [3.8, 4) is 0 Å². The van der Waals surface area contributed by atoms with Crippen LogP contribution in [0.3, 0.4) is 0 Å². The van der Waals surface area contributed by atoms with Gasteiger partial charge in [0.25, 0.3) is 0 Å². The molecule has 1 heterocycles. The van der Waals surface area contributed by atoms with Crippen molar-refractivity contribution in [2.45, 2.75) is 19.3 Å². The van der Waals surface area contributed by atoms with Crippen LogP contribution in [0, 0.1) is 0 Å². The molecule has 0 saturated carbocycles. The van der Waals surface area contributed by atoms with Gasteiger partial charge in [0.05, 0.1) is 0 Å². The van der Waals surface area contributed by atoms with Gasteiger partial charge in [0.1, 0.15) is 6.33 Å². The number of rotatable bonds is 6. The Morgan fingerprint density at radius 3 is 3.08 bits per heavy atom. The second-order valence-corrected chi connectivity index (χ2v) is 3.30. The van der Waals surface area contributed by atoms with Crippen molar-refractivity contribution in [2.75, 3.05) is 11.9 Å². The van der Waals surface area contributed by atoms with Gasteiger partial charge in [-0.2, -0.15) is 4.37 Å². The monoisotopic (exact) mass is 201 g/mol. The molecular formula is C7H11N3O2S. The van der Waals surface area contributed by atoms with E-state index in [-0.39, 0.29) is 6.42 Å². The maximum absolute atomic E-state index is 10.2. The van der Waals surface area contributed by atoms with Gasteiger partial charge in [-0.3, -0.25) is 4.79 Å². The van der Waals surface area contributed by atoms with E-state index < -0.39 is 5.97 Å². The molecule has 1 aromatic rings. The van der Waals surface area contributed by atoms with Crippen LogP contribution in [0.15, 0.2) is 6.33 Å². The van der Waals surface area contributed by atoms with Crippen molar-refractivity contribution in [1.82, 2.24) is 9.36 Å². The molecule has 6 heteroatoms. The van der Waals surface area contributed by atoms with Gasteiger partial charge in [-0.25, -0.2) is 4.98 Å². The first-order valence-corrected chi connectivity index (χ1v) is 4.78. The molecular weight excluding hydrogens is 190 g/mol. The first kappa shape index (κ1) is 9.91. The molecule has 0 aromatic carbocycles. The number of aliphatic carboxylic acids is 1. The fraction of sp³-hybridized carbons (Fsp3) is 0.571. The fourth-order valence-electron chi connectivity index (χ4n) is 0.848. The second kappa shape index (κ2) is 5.47. The Morgan fingerprint density at radius 2 is 2.46 bits per heavy atom. The minimum absolute atomic E-state index is 0.234. The maximum Gasteiger partial charge on any atom is 0.303 e. The summed E-state index contributed by atoms with van der Waals surface area (Å²) >= 11 is 1.30. The Labute approximate surface area is 80.0 Å². The van der Waals surface area contributed by atoms with Crippen molar-refractivity contribution in [3.05, 3.63) is 6.33 Å². The number of nitrogens with zero attached hydrogens (tertiary/aromatic N) is 2. The van der Waals surface area contributed by atoms with E-state index in [4.69, 9.17) is 5.11 Å². The highest BCUT2D eigenvalue weighted by Gasteiger charge is 1.97. The summed E-state index contributed by atoms with van der Waals surface area (Å²) in [6, 6.07) is 0. The Balaban J connectivity index is 1.99. The summed E-state index contributed by atoms with van der Waals surface area (Å²) in [6.07, 6.45) is 3.26. The highest BCUT2D eigenvalue weighted by molar-refractivity contribution is 7.09. The van der Waals surface area contributed by atoms with Gasteiger partial charge in [-0.05, 0) is 12.8 Å². The zero-order chi connectivity index (χ0) is 9.52. The van der Waals surface area contributed by atoms with Crippen LogP contribution in [-0.2, 0) is 4.79 Å². The lowest BCUT2D eigenvalue weighted by molar-refractivity contribution is -0.137. The molecule has 0 aliphatic heterocycles. The zero-order valence-electron chi connectivity index (χ0n) is 7.06. The number of aromatic nitrogens is 2. The van der Waals surface area contributed by atoms with Crippen molar-refractivity contribution >= 4 is 22.6 Å². The van der Waals surface area contributed by atoms with Crippen molar-refractivity contribution in [2.24, 2.45) is 0 Å². The molecule has 0 unspecified atom stereocenters. The third kappa shape index (κ3) is 4.41. The highest BCUT2D eigenvalue weighted by Crippen LogP contribution is 2.06. The highest BCUT2D eigenvalue weighted by atomic mass is 32.1. The molecule has 0 saturated heterocycles. The average molecular weight is 201 g/mol. The summed E-state index contributed by atoms with van der Waals surface area (Å²) in [5, 5.41) is 12.2. The molecule has 5 nitrogen and oxygen atoms in total. The van der Waals surface area contributed by atoms with E-state index in [1.165, 1.54) is 17.9 Å². The van der Waals surface area contributed by atoms with E-state index in [9.17, 15) is 4.79 Å². The summed E-state index contributed by atoms with van der Waals surface area (Å²) in [5.41, 5.74) is 0. The van der Waals surface area contributed by atoms with Gasteiger partial charge in [-0.1, -0.05) is 0 Å². The molecule has 0 aliphatic carbocycles. The number of hydrogen-bond donors (Lipinski definition) is 2. The molecule has 1 rings (SSSR count). The topological polar surface area (TPSA) is 75.1 Å². The molecule has 0 atom stereocenters. The fourth-order valence-corrected chi connectivity index (χ4v) is 1.30. The van der Waals surface area contributed by atoms with Gasteiger partial charge in [0, 0.05) is 24.5 Å². The van der Waals surface area contributed by atoms with Crippen LogP contribution in [-0.4, -0.2) is 27.0 Å². The van der Waals surface area contributed by atoms with Crippen LogP contribution in [0.25, 0.3) is 0 Å². The van der Waals surface area contributed by atoms with E-state index >= 15 is 0 Å². The lowest BCUT2D eigenvalue weighted by Crippen LogP contribution is -2.02. The molecule has 0 amide bonds. The average Bonchev–Trinajstić information content (AvgIpc) is 2.55. The SMILES string of the molecule is O=C(O)CCCCNc1ncns1. The number of unbranched alkanes of at least 4 members (excludes halogenated alkanes) is 1. The molecule has 13 heavy (non-hydrogen) atoms. The van der Waals surface area contributed by atoms with Crippen LogP contribution in [0.2, 0.25) is 0 Å². The largest absolute Gasteiger partial charge is 0.481 e. The Bertz CT molecular complexity index is 250. The summed E-state index contributed by atoms with van der Waals surface area (Å²) in [7, 11) is 0. The van der Waals surface area contributed by atoms with Crippen LogP contribution in [0.5, 0.6) is 0 Å². The number of carboxylic acid groups (broad SMARTS) is 1. The smallest absolute Gasteiger partial charge is 0.303 e. The van der Waals surface area contributed by atoms with Crippen molar-refractivity contribution in [3.63, 3.8) is 0 Å². The lowest BCUT2D eigenvalue weighted by atomic mass is 10.2. The number of hydrogen-bond acceptors (Lipinski definition) is 5. The van der Waals surface area contributed by atoms with Crippen molar-refractivity contribution in [1.29, 1.82) is 0 Å². The Morgan fingerprint density at radius 1 is 1.62 bits per heavy atom. The number of carboxylic acids is 1. The van der Waals surface area contributed by atoms with Gasteiger partial charge in [-0.15, -0.1) is 0 Å². The Hall–Kier alpha value is -1.17. The third-order valence-corrected chi connectivity index (χ3v) is 2.08. The minimum Gasteiger partial charge on any atom is -0.481 e. The molecule has 0 aliphatic rings. The lowest BCUT2D eigenvalue weighted by Gasteiger charge is -1.99. The van der Waals surface area contributed by atoms with Crippen LogP contribution >= 0.6 is 11.5 Å². The Kier molecular flexibility index (Phi) is 4.17. The quantitative estimate of drug-likeness (QED) is 0.676. The summed E-state index contributed by atoms with van der Waals surface area (Å²) in [4.78, 5) is 14.1. The first-order chi connectivity index (χ1) is 6.29. The number of nitrogens with one attached hydrogen (secondary N) is 1. The van der Waals surface area contributed by atoms with E-state index in [2.05, 4.69) is 14.7 Å². The van der Waals surface area contributed by atoms with Gasteiger partial charge in [0.2, 0.25) is 5.13 Å². The summed E-state index contributed by atoms with van der Waals surface area (Å²) in [5.74, 6) is -0.740. The molecule has 72 valence electrons. The van der Waals surface area contributed by atoms with E-state index in [1.807, 2.05) is 0 Å². The summed E-state index contributed by atoms with van der Waals surface area (Å²) < 4.78 is 3.82. The van der Waals surface area contributed by atoms with Crippen molar-refractivity contribution < 1.29 is 9.90 Å². The van der Waals surface area contributed by atoms with Gasteiger partial charge in [0.15, 0.2) is 0 Å². The molecule has 0 radical (unpaired) electrons. The van der Waals surface area contributed by atoms with Gasteiger partial charge >= 0.3 is 5.97 Å². The predicted octanol–water partition coefficient (Wildman–Crippen LogP) is 1.20.